The van der Waals surface area contributed by atoms with Crippen LogP contribution in [0.1, 0.15) is 17.2 Å². The Balaban J connectivity index is 1.70. The van der Waals surface area contributed by atoms with Gasteiger partial charge in [0.25, 0.3) is 10.0 Å². The Hall–Kier alpha value is -1.72. The van der Waals surface area contributed by atoms with Gasteiger partial charge in [0.1, 0.15) is 10.3 Å². The number of aryl methyl sites for hydroxylation is 1. The zero-order valence-electron chi connectivity index (χ0n) is 13.4. The molecule has 1 aliphatic heterocycles. The minimum Gasteiger partial charge on any atom is -0.282 e. The summed E-state index contributed by atoms with van der Waals surface area (Å²) in [7, 11) is -3.40. The van der Waals surface area contributed by atoms with Crippen molar-refractivity contribution in [2.45, 2.75) is 17.2 Å². The number of nitriles is 1. The molecule has 0 saturated carbocycles. The van der Waals surface area contributed by atoms with Gasteiger partial charge in [0.15, 0.2) is 0 Å². The van der Waals surface area contributed by atoms with Gasteiger partial charge in [0.2, 0.25) is 0 Å². The van der Waals surface area contributed by atoms with Crippen molar-refractivity contribution >= 4 is 21.4 Å². The number of sulfonamides is 1. The maximum atomic E-state index is 12.6. The molecule has 1 atom stereocenters. The summed E-state index contributed by atoms with van der Waals surface area (Å²) in [5.74, 6) is 0. The van der Waals surface area contributed by atoms with E-state index in [0.29, 0.717) is 30.4 Å². The van der Waals surface area contributed by atoms with Crippen LogP contribution >= 0.6 is 11.3 Å². The molecule has 24 heavy (non-hydrogen) atoms. The molecular formula is C17H19N3O2S2. The van der Waals surface area contributed by atoms with E-state index in [2.05, 4.69) is 6.07 Å². The second kappa shape index (κ2) is 7.03. The molecule has 1 aromatic carbocycles. The van der Waals surface area contributed by atoms with Crippen molar-refractivity contribution in [1.29, 1.82) is 5.26 Å². The van der Waals surface area contributed by atoms with Crippen LogP contribution in [0.2, 0.25) is 0 Å². The molecule has 0 aliphatic carbocycles. The second-order valence-corrected chi connectivity index (χ2v) is 8.93. The van der Waals surface area contributed by atoms with Crippen molar-refractivity contribution in [2.75, 3.05) is 26.2 Å². The summed E-state index contributed by atoms with van der Waals surface area (Å²) in [4.78, 5) is 2.05. The molecule has 3 rings (SSSR count). The van der Waals surface area contributed by atoms with E-state index in [0.717, 1.165) is 11.1 Å². The lowest BCUT2D eigenvalue weighted by Gasteiger charge is -2.36. The van der Waals surface area contributed by atoms with Gasteiger partial charge in [-0.3, -0.25) is 4.90 Å². The normalized spacial score (nSPS) is 18.2. The van der Waals surface area contributed by atoms with Gasteiger partial charge in [0.05, 0.1) is 6.07 Å². The Kier molecular flexibility index (Phi) is 5.01. The minimum atomic E-state index is -3.40. The van der Waals surface area contributed by atoms with Crippen LogP contribution < -0.4 is 0 Å². The number of hydrogen-bond acceptors (Lipinski definition) is 5. The van der Waals surface area contributed by atoms with E-state index in [4.69, 9.17) is 0 Å². The van der Waals surface area contributed by atoms with Gasteiger partial charge in [0, 0.05) is 26.2 Å². The molecule has 0 spiro atoms. The molecule has 1 fully saturated rings. The van der Waals surface area contributed by atoms with Crippen molar-refractivity contribution < 1.29 is 8.42 Å². The zero-order chi connectivity index (χ0) is 17.2. The highest BCUT2D eigenvalue weighted by Gasteiger charge is 2.32. The van der Waals surface area contributed by atoms with Crippen LogP contribution in [-0.2, 0) is 10.0 Å². The molecule has 126 valence electrons. The largest absolute Gasteiger partial charge is 0.282 e. The number of benzene rings is 1. The summed E-state index contributed by atoms with van der Waals surface area (Å²) < 4.78 is 27.0. The lowest BCUT2D eigenvalue weighted by atomic mass is 10.0. The average Bonchev–Trinajstić information content (AvgIpc) is 3.13. The van der Waals surface area contributed by atoms with Gasteiger partial charge < -0.3 is 0 Å². The SMILES string of the molecule is Cc1ccc(C(C#N)N2CCN(S(=O)(=O)c3cccs3)CC2)cc1. The van der Waals surface area contributed by atoms with Crippen molar-refractivity contribution in [2.24, 2.45) is 0 Å². The average molecular weight is 361 g/mol. The highest BCUT2D eigenvalue weighted by molar-refractivity contribution is 7.91. The Labute approximate surface area is 146 Å². The van der Waals surface area contributed by atoms with Crippen molar-refractivity contribution in [3.63, 3.8) is 0 Å². The fourth-order valence-electron chi connectivity index (χ4n) is 2.86. The second-order valence-electron chi connectivity index (χ2n) is 5.81. The van der Waals surface area contributed by atoms with Gasteiger partial charge >= 0.3 is 0 Å². The van der Waals surface area contributed by atoms with Crippen LogP contribution in [0.4, 0.5) is 0 Å². The van der Waals surface area contributed by atoms with Crippen LogP contribution in [0, 0.1) is 18.3 Å². The molecule has 2 aromatic rings. The first-order chi connectivity index (χ1) is 11.5. The van der Waals surface area contributed by atoms with E-state index in [9.17, 15) is 13.7 Å². The molecule has 1 unspecified atom stereocenters. The summed E-state index contributed by atoms with van der Waals surface area (Å²) in [6.07, 6.45) is 0. The summed E-state index contributed by atoms with van der Waals surface area (Å²) in [5.41, 5.74) is 2.11. The number of rotatable bonds is 4. The maximum absolute atomic E-state index is 12.6. The van der Waals surface area contributed by atoms with Crippen molar-refractivity contribution in [3.8, 4) is 6.07 Å². The first kappa shape index (κ1) is 17.1. The van der Waals surface area contributed by atoms with E-state index in [1.54, 1.807) is 17.5 Å². The topological polar surface area (TPSA) is 64.4 Å². The number of thiophene rings is 1. The quantitative estimate of drug-likeness (QED) is 0.840. The molecule has 1 saturated heterocycles. The van der Waals surface area contributed by atoms with E-state index >= 15 is 0 Å². The lowest BCUT2D eigenvalue weighted by molar-refractivity contribution is 0.163. The maximum Gasteiger partial charge on any atom is 0.252 e. The molecular weight excluding hydrogens is 342 g/mol. The minimum absolute atomic E-state index is 0.336. The first-order valence-corrected chi connectivity index (χ1v) is 10.1. The van der Waals surface area contributed by atoms with Gasteiger partial charge in [-0.2, -0.15) is 9.57 Å². The fraction of sp³-hybridized carbons (Fsp3) is 0.353. The molecule has 0 N–H and O–H groups in total. The fourth-order valence-corrected chi connectivity index (χ4v) is 5.42. The van der Waals surface area contributed by atoms with E-state index in [-0.39, 0.29) is 6.04 Å². The smallest absolute Gasteiger partial charge is 0.252 e. The number of hydrogen-bond donors (Lipinski definition) is 0. The summed E-state index contributed by atoms with van der Waals surface area (Å²) >= 11 is 1.24. The van der Waals surface area contributed by atoms with Crippen LogP contribution in [0.15, 0.2) is 46.0 Å². The summed E-state index contributed by atoms with van der Waals surface area (Å²) in [6.45, 7) is 3.93. The Morgan fingerprint density at radius 1 is 1.12 bits per heavy atom. The summed E-state index contributed by atoms with van der Waals surface area (Å²) in [6, 6.07) is 13.3. The molecule has 0 radical (unpaired) electrons. The molecule has 5 nitrogen and oxygen atoms in total. The number of piperazine rings is 1. The number of nitrogens with zero attached hydrogens (tertiary/aromatic N) is 3. The Morgan fingerprint density at radius 3 is 2.33 bits per heavy atom. The van der Waals surface area contributed by atoms with Gasteiger partial charge in [-0.15, -0.1) is 11.3 Å². The van der Waals surface area contributed by atoms with Crippen molar-refractivity contribution in [3.05, 3.63) is 52.9 Å². The van der Waals surface area contributed by atoms with E-state index in [1.165, 1.54) is 15.6 Å². The Bertz CT molecular complexity index is 816. The van der Waals surface area contributed by atoms with E-state index in [1.807, 2.05) is 36.1 Å². The predicted molar refractivity (Wildman–Crippen MR) is 94.2 cm³/mol. The highest BCUT2D eigenvalue weighted by Crippen LogP contribution is 2.26. The van der Waals surface area contributed by atoms with Crippen LogP contribution in [0.3, 0.4) is 0 Å². The third kappa shape index (κ3) is 3.37. The van der Waals surface area contributed by atoms with Gasteiger partial charge in [-0.25, -0.2) is 8.42 Å². The molecule has 0 bridgehead atoms. The lowest BCUT2D eigenvalue weighted by Crippen LogP contribution is -2.49. The third-order valence-corrected chi connectivity index (χ3v) is 7.51. The van der Waals surface area contributed by atoms with Crippen LogP contribution in [-0.4, -0.2) is 43.8 Å². The standard InChI is InChI=1S/C17H19N3O2S2/c1-14-4-6-15(7-5-14)16(13-18)19-8-10-20(11-9-19)24(21,22)17-3-2-12-23-17/h2-7,12,16H,8-11H2,1H3. The first-order valence-electron chi connectivity index (χ1n) is 7.76. The highest BCUT2D eigenvalue weighted by atomic mass is 32.2. The molecule has 1 aromatic heterocycles. The van der Waals surface area contributed by atoms with Gasteiger partial charge in [-0.1, -0.05) is 35.9 Å². The molecule has 0 amide bonds. The monoisotopic (exact) mass is 361 g/mol. The molecule has 7 heteroatoms. The zero-order valence-corrected chi connectivity index (χ0v) is 15.1. The Morgan fingerprint density at radius 2 is 1.79 bits per heavy atom. The predicted octanol–water partition coefficient (Wildman–Crippen LogP) is 2.63. The summed E-state index contributed by atoms with van der Waals surface area (Å²) in [5, 5.41) is 11.3. The molecule has 1 aliphatic rings. The van der Waals surface area contributed by atoms with Gasteiger partial charge in [-0.05, 0) is 23.9 Å². The van der Waals surface area contributed by atoms with E-state index < -0.39 is 10.0 Å². The van der Waals surface area contributed by atoms with Crippen molar-refractivity contribution in [1.82, 2.24) is 9.21 Å². The van der Waals surface area contributed by atoms with Crippen LogP contribution in [0.5, 0.6) is 0 Å². The third-order valence-electron chi connectivity index (χ3n) is 4.24. The molecule has 2 heterocycles. The van der Waals surface area contributed by atoms with Crippen LogP contribution in [0.25, 0.3) is 0 Å².